The second-order valence-electron chi connectivity index (χ2n) is 7.07. The highest BCUT2D eigenvalue weighted by atomic mass is 19.4. The number of ether oxygens (including phenoxy) is 1. The second-order valence-corrected chi connectivity index (χ2v) is 7.07. The largest absolute Gasteiger partial charge is 0.423 e. The van der Waals surface area contributed by atoms with Gasteiger partial charge in [0, 0.05) is 6.07 Å². The molecule has 2 bridgehead atoms. The fourth-order valence-corrected chi connectivity index (χ4v) is 4.51. The van der Waals surface area contributed by atoms with Crippen LogP contribution in [0.2, 0.25) is 0 Å². The van der Waals surface area contributed by atoms with Crippen LogP contribution in [0.1, 0.15) is 31.2 Å². The van der Waals surface area contributed by atoms with E-state index in [2.05, 4.69) is 0 Å². The number of halogens is 3. The lowest BCUT2D eigenvalue weighted by Gasteiger charge is -2.38. The van der Waals surface area contributed by atoms with Crippen molar-refractivity contribution in [3.05, 3.63) is 33.9 Å². The predicted molar refractivity (Wildman–Crippen MR) is 82.8 cm³/mol. The number of hydrogen-bond acceptors (Lipinski definition) is 5. The predicted octanol–water partition coefficient (Wildman–Crippen LogP) is 2.78. The lowest BCUT2D eigenvalue weighted by Crippen LogP contribution is -2.54. The van der Waals surface area contributed by atoms with Crippen molar-refractivity contribution in [1.29, 1.82) is 0 Å². The van der Waals surface area contributed by atoms with Crippen LogP contribution in [0.3, 0.4) is 0 Å². The minimum absolute atomic E-state index is 0.0104. The van der Waals surface area contributed by atoms with Crippen LogP contribution >= 0.6 is 0 Å². The molecule has 140 valence electrons. The lowest BCUT2D eigenvalue weighted by atomic mass is 9.64. The molecule has 7 nitrogen and oxygen atoms in total. The molecular weight excluding hydrogens is 355 g/mol. The molecule has 1 heterocycles. The Kier molecular flexibility index (Phi) is 3.58. The van der Waals surface area contributed by atoms with Crippen LogP contribution in [0, 0.1) is 22.0 Å². The van der Waals surface area contributed by atoms with Gasteiger partial charge < -0.3 is 4.74 Å². The number of nitro benzene ring substituents is 1. The number of hydrazine groups is 1. The molecule has 1 aliphatic heterocycles. The van der Waals surface area contributed by atoms with Gasteiger partial charge in [-0.1, -0.05) is 0 Å². The average molecular weight is 371 g/mol. The molecular formula is C16H16F3N3O4. The molecule has 3 saturated carbocycles. The van der Waals surface area contributed by atoms with Crippen molar-refractivity contribution < 1.29 is 27.6 Å². The molecule has 3 aliphatic carbocycles. The molecule has 26 heavy (non-hydrogen) atoms. The summed E-state index contributed by atoms with van der Waals surface area (Å²) in [6.45, 7) is 0. The van der Waals surface area contributed by atoms with Gasteiger partial charge in [0.05, 0.1) is 10.6 Å². The van der Waals surface area contributed by atoms with Crippen molar-refractivity contribution in [2.45, 2.75) is 43.6 Å². The fraction of sp³-hybridized carbons (Fsp3) is 0.562. The Hall–Kier alpha value is -2.20. The zero-order valence-corrected chi connectivity index (χ0v) is 13.5. The number of amides is 1. The number of hydrogen-bond donors (Lipinski definition) is 1. The summed E-state index contributed by atoms with van der Waals surface area (Å²) in [4.78, 5) is 22.6. The summed E-state index contributed by atoms with van der Waals surface area (Å²) >= 11 is 0. The Morgan fingerprint density at radius 3 is 2.50 bits per heavy atom. The molecule has 0 spiro atoms. The van der Waals surface area contributed by atoms with Crippen LogP contribution in [0.5, 0.6) is 0 Å². The lowest BCUT2D eigenvalue weighted by molar-refractivity contribution is -0.388. The number of fused-ring (bicyclic) bond motifs is 2. The summed E-state index contributed by atoms with van der Waals surface area (Å²) < 4.78 is 45.1. The molecule has 2 N–H and O–H groups in total. The molecule has 2 unspecified atom stereocenters. The molecule has 4 aliphatic rings. The third-order valence-electron chi connectivity index (χ3n) is 5.81. The smallest absolute Gasteiger partial charge is 0.355 e. The summed E-state index contributed by atoms with van der Waals surface area (Å²) in [7, 11) is 0. The van der Waals surface area contributed by atoms with Crippen LogP contribution in [-0.2, 0) is 15.7 Å². The van der Waals surface area contributed by atoms with Gasteiger partial charge in [0.1, 0.15) is 11.7 Å². The highest BCUT2D eigenvalue weighted by molar-refractivity contribution is 6.01. The summed E-state index contributed by atoms with van der Waals surface area (Å²) in [5, 5.41) is 11.5. The van der Waals surface area contributed by atoms with Crippen LogP contribution in [-0.4, -0.2) is 22.5 Å². The molecule has 1 aromatic carbocycles. The highest BCUT2D eigenvalue weighted by Crippen LogP contribution is 2.61. The summed E-state index contributed by atoms with van der Waals surface area (Å²) in [5.74, 6) is 5.52. The molecule has 4 fully saturated rings. The number of nitrogens with zero attached hydrogens (tertiary/aromatic N) is 2. The first kappa shape index (κ1) is 17.2. The van der Waals surface area contributed by atoms with E-state index >= 15 is 0 Å². The maximum atomic E-state index is 13.1. The van der Waals surface area contributed by atoms with Gasteiger partial charge in [0.25, 0.3) is 11.6 Å². The first-order chi connectivity index (χ1) is 12.2. The maximum absolute atomic E-state index is 13.1. The number of carbonyl (C=O) groups excluding carboxylic acids is 1. The van der Waals surface area contributed by atoms with Crippen molar-refractivity contribution in [3.63, 3.8) is 0 Å². The molecule has 1 aromatic rings. The Bertz CT molecular complexity index is 791. The minimum Gasteiger partial charge on any atom is -0.355 e. The highest BCUT2D eigenvalue weighted by Gasteiger charge is 2.73. The SMILES string of the molecule is NN(C(=O)C12OC1C1CCC2CC1)c1ccc([N+](=O)[O-])c(C(F)(F)F)c1. The third kappa shape index (κ3) is 2.32. The van der Waals surface area contributed by atoms with E-state index in [9.17, 15) is 28.1 Å². The molecule has 10 heteroatoms. The van der Waals surface area contributed by atoms with Crippen LogP contribution in [0.4, 0.5) is 24.5 Å². The van der Waals surface area contributed by atoms with Crippen molar-refractivity contribution in [3.8, 4) is 0 Å². The van der Waals surface area contributed by atoms with Gasteiger partial charge in [-0.15, -0.1) is 0 Å². The maximum Gasteiger partial charge on any atom is 0.423 e. The van der Waals surface area contributed by atoms with Crippen molar-refractivity contribution in [1.82, 2.24) is 0 Å². The molecule has 0 radical (unpaired) electrons. The standard InChI is InChI=1S/C16H16F3N3O4/c17-16(18,19)11-7-10(5-6-12(11)22(24)25)21(20)14(23)15-9-3-1-8(2-4-9)13(15)26-15/h5-9,13H,1-4,20H2. The van der Waals surface area contributed by atoms with Gasteiger partial charge in [-0.05, 0) is 49.7 Å². The summed E-state index contributed by atoms with van der Waals surface area (Å²) in [5.41, 5.74) is -3.83. The van der Waals surface area contributed by atoms with Crippen LogP contribution in [0.15, 0.2) is 18.2 Å². The average Bonchev–Trinajstić information content (AvgIpc) is 3.39. The van der Waals surface area contributed by atoms with Gasteiger partial charge in [0.15, 0.2) is 5.60 Å². The van der Waals surface area contributed by atoms with Gasteiger partial charge in [-0.3, -0.25) is 14.9 Å². The van der Waals surface area contributed by atoms with Gasteiger partial charge >= 0.3 is 6.18 Å². The number of anilines is 1. The monoisotopic (exact) mass is 371 g/mol. The van der Waals surface area contributed by atoms with Gasteiger partial charge in [0.2, 0.25) is 0 Å². The number of benzene rings is 1. The van der Waals surface area contributed by atoms with Crippen molar-refractivity contribution in [2.24, 2.45) is 17.7 Å². The van der Waals surface area contributed by atoms with Crippen LogP contribution in [0.25, 0.3) is 0 Å². The van der Waals surface area contributed by atoms with Crippen molar-refractivity contribution >= 4 is 17.3 Å². The van der Waals surface area contributed by atoms with Crippen molar-refractivity contribution in [2.75, 3.05) is 5.01 Å². The van der Waals surface area contributed by atoms with E-state index in [1.54, 1.807) is 0 Å². The third-order valence-corrected chi connectivity index (χ3v) is 5.81. The molecule has 1 saturated heterocycles. The molecule has 2 atom stereocenters. The quantitative estimate of drug-likeness (QED) is 0.289. The molecule has 1 amide bonds. The molecule has 5 rings (SSSR count). The van der Waals surface area contributed by atoms with E-state index in [0.717, 1.165) is 31.7 Å². The summed E-state index contributed by atoms with van der Waals surface area (Å²) in [6.07, 6.45) is -1.56. The topological polar surface area (TPSA) is 102 Å². The number of epoxide rings is 1. The van der Waals surface area contributed by atoms with Gasteiger partial charge in [-0.25, -0.2) is 10.9 Å². The van der Waals surface area contributed by atoms with E-state index in [1.165, 1.54) is 0 Å². The van der Waals surface area contributed by atoms with E-state index in [-0.39, 0.29) is 23.6 Å². The molecule has 0 aromatic heterocycles. The van der Waals surface area contributed by atoms with E-state index in [4.69, 9.17) is 10.6 Å². The van der Waals surface area contributed by atoms with Gasteiger partial charge in [-0.2, -0.15) is 13.2 Å². The Morgan fingerprint density at radius 1 is 1.31 bits per heavy atom. The fourth-order valence-electron chi connectivity index (χ4n) is 4.51. The number of rotatable bonds is 3. The van der Waals surface area contributed by atoms with E-state index < -0.39 is 33.9 Å². The van der Waals surface area contributed by atoms with E-state index in [1.807, 2.05) is 0 Å². The second kappa shape index (κ2) is 5.40. The van der Waals surface area contributed by atoms with E-state index in [0.29, 0.717) is 17.1 Å². The number of nitro groups is 1. The number of carbonyl (C=O) groups is 1. The number of nitrogens with two attached hydrogens (primary N) is 1. The number of alkyl halides is 3. The first-order valence-corrected chi connectivity index (χ1v) is 8.29. The Morgan fingerprint density at radius 2 is 1.96 bits per heavy atom. The zero-order chi connectivity index (χ0) is 18.9. The van der Waals surface area contributed by atoms with Crippen LogP contribution < -0.4 is 10.9 Å². The summed E-state index contributed by atoms with van der Waals surface area (Å²) in [6, 6.07) is 2.28. The minimum atomic E-state index is -4.94. The normalized spacial score (nSPS) is 32.1. The Balaban J connectivity index is 1.66. The first-order valence-electron chi connectivity index (χ1n) is 8.29. The zero-order valence-electron chi connectivity index (χ0n) is 13.5. The Labute approximate surface area is 146 Å².